The zero-order chi connectivity index (χ0) is 21.3. The van der Waals surface area contributed by atoms with Crippen LogP contribution in [0.4, 0.5) is 61.5 Å². The van der Waals surface area contributed by atoms with Crippen molar-refractivity contribution in [1.82, 2.24) is 9.80 Å². The molecule has 0 spiro atoms. The van der Waals surface area contributed by atoms with Gasteiger partial charge in [-0.1, -0.05) is 9.80 Å². The van der Waals surface area contributed by atoms with E-state index >= 15 is 0 Å². The first-order valence-electron chi connectivity index (χ1n) is 5.40. The first kappa shape index (κ1) is 22.3. The Bertz CT molecular complexity index is 548. The molecule has 0 aromatic heterocycles. The maximum absolute atomic E-state index is 13.3. The van der Waals surface area contributed by atoms with Crippen molar-refractivity contribution in [2.24, 2.45) is 0 Å². The third-order valence-electron chi connectivity index (χ3n) is 2.88. The van der Waals surface area contributed by atoms with Gasteiger partial charge < -0.3 is 0 Å². The smallest absolute Gasteiger partial charge is 0.252 e. The Kier molecular flexibility index (Phi) is 4.63. The molecule has 1 heterocycles. The van der Waals surface area contributed by atoms with Gasteiger partial charge in [0.05, 0.1) is 0 Å². The lowest BCUT2D eigenvalue weighted by molar-refractivity contribution is -0.553. The van der Waals surface area contributed by atoms with Crippen molar-refractivity contribution in [2.75, 3.05) is 0 Å². The van der Waals surface area contributed by atoms with E-state index in [2.05, 4.69) is 0 Å². The van der Waals surface area contributed by atoms with Gasteiger partial charge in [-0.15, -0.1) is 0 Å². The number of alkyl halides is 12. The molecule has 1 rings (SSSR count). The predicted octanol–water partition coefficient (Wildman–Crippen LogP) is 3.15. The second-order valence-corrected chi connectivity index (χ2v) is 4.47. The van der Waals surface area contributed by atoms with Crippen LogP contribution in [0.15, 0.2) is 0 Å². The zero-order valence-corrected chi connectivity index (χ0v) is 11.0. The summed E-state index contributed by atoms with van der Waals surface area (Å²) >= 11 is 0. The lowest BCUT2D eigenvalue weighted by Crippen LogP contribution is -2.86. The minimum absolute atomic E-state index is 3.94. The summed E-state index contributed by atoms with van der Waals surface area (Å²) < 4.78 is 183. The maximum Gasteiger partial charge on any atom is 0.404 e. The summed E-state index contributed by atoms with van der Waals surface area (Å²) in [4.78, 5) is 11.8. The van der Waals surface area contributed by atoms with Crippen LogP contribution in [-0.2, 0) is 9.59 Å². The Morgan fingerprint density at radius 2 is 0.692 bits per heavy atom. The topological polar surface area (TPSA) is 40.6 Å². The van der Waals surface area contributed by atoms with Crippen LogP contribution in [0.25, 0.3) is 0 Å². The van der Waals surface area contributed by atoms with E-state index in [1.54, 1.807) is 0 Å². The van der Waals surface area contributed by atoms with Crippen LogP contribution in [0.2, 0.25) is 0 Å². The molecular formula is C8F14N2O2. The van der Waals surface area contributed by atoms with E-state index in [0.29, 0.717) is 0 Å². The van der Waals surface area contributed by atoms with Crippen molar-refractivity contribution in [2.45, 2.75) is 36.3 Å². The maximum atomic E-state index is 13.3. The molecule has 0 aliphatic carbocycles. The third-order valence-corrected chi connectivity index (χ3v) is 2.88. The second-order valence-electron chi connectivity index (χ2n) is 4.47. The summed E-state index contributed by atoms with van der Waals surface area (Å²) in [6, 6.07) is -53.5. The van der Waals surface area contributed by atoms with Gasteiger partial charge in [0, 0.05) is 0 Å². The van der Waals surface area contributed by atoms with E-state index in [0.717, 1.165) is 0 Å². The van der Waals surface area contributed by atoms with Crippen LogP contribution in [-0.4, -0.2) is 58.2 Å². The minimum atomic E-state index is -7.55. The molecule has 26 heavy (non-hydrogen) atoms. The summed E-state index contributed by atoms with van der Waals surface area (Å²) in [6.45, 7) is 0. The average Bonchev–Trinajstić information content (AvgIpc) is 2.34. The van der Waals surface area contributed by atoms with E-state index < -0.39 is 58.2 Å². The summed E-state index contributed by atoms with van der Waals surface area (Å²) in [5, 5.41) is 0. The van der Waals surface area contributed by atoms with Crippen molar-refractivity contribution in [1.29, 1.82) is 0 Å². The van der Waals surface area contributed by atoms with Gasteiger partial charge in [0.2, 0.25) is 0 Å². The number of hydrogen-bond donors (Lipinski definition) is 0. The molecule has 1 aliphatic heterocycles. The molecule has 18 heteroatoms. The van der Waals surface area contributed by atoms with Crippen molar-refractivity contribution in [3.63, 3.8) is 0 Å². The molecule has 0 N–H and O–H groups in total. The molecule has 0 aromatic rings. The van der Waals surface area contributed by atoms with Crippen LogP contribution in [0.5, 0.6) is 0 Å². The lowest BCUT2D eigenvalue weighted by Gasteiger charge is -2.54. The number of nitrogens with zero attached hydrogens (tertiary/aromatic N) is 2. The molecule has 1 aliphatic rings. The highest BCUT2D eigenvalue weighted by molar-refractivity contribution is 5.77. The minimum Gasteiger partial charge on any atom is -0.252 e. The summed E-state index contributed by atoms with van der Waals surface area (Å²) in [5.41, 5.74) is 0. The quantitative estimate of drug-likeness (QED) is 0.397. The summed E-state index contributed by atoms with van der Waals surface area (Å²) in [6.07, 6.45) is 0. The molecule has 1 fully saturated rings. The summed E-state index contributed by atoms with van der Waals surface area (Å²) in [7, 11) is 0. The molecule has 0 aromatic carbocycles. The van der Waals surface area contributed by atoms with Crippen LogP contribution in [0, 0.1) is 0 Å². The molecule has 0 unspecified atom stereocenters. The molecule has 0 saturated carbocycles. The van der Waals surface area contributed by atoms with Gasteiger partial charge in [-0.05, 0) is 0 Å². The highest BCUT2D eigenvalue weighted by Crippen LogP contribution is 2.62. The van der Waals surface area contributed by atoms with E-state index in [-0.39, 0.29) is 0 Å². The average molecular weight is 422 g/mol. The number of hydrogen-bond acceptors (Lipinski definition) is 4. The molecule has 1 saturated heterocycles. The van der Waals surface area contributed by atoms with E-state index in [9.17, 15) is 71.1 Å². The molecule has 0 atom stereocenters. The largest absolute Gasteiger partial charge is 0.404 e. The van der Waals surface area contributed by atoms with Gasteiger partial charge >= 0.3 is 48.4 Å². The first-order chi connectivity index (χ1) is 11.1. The monoisotopic (exact) mass is 422 g/mol. The van der Waals surface area contributed by atoms with Gasteiger partial charge in [0.15, 0.2) is 0 Å². The fourth-order valence-corrected chi connectivity index (χ4v) is 1.77. The van der Waals surface area contributed by atoms with Gasteiger partial charge in [0.25, 0.3) is 0 Å². The second kappa shape index (κ2) is 5.40. The van der Waals surface area contributed by atoms with Crippen molar-refractivity contribution >= 4 is 12.1 Å². The molecule has 152 valence electrons. The van der Waals surface area contributed by atoms with Crippen LogP contribution >= 0.6 is 0 Å². The Labute approximate surface area is 130 Å². The van der Waals surface area contributed by atoms with Crippen molar-refractivity contribution < 1.29 is 71.1 Å². The van der Waals surface area contributed by atoms with Crippen molar-refractivity contribution in [3.8, 4) is 0 Å². The molecule has 4 nitrogen and oxygen atoms in total. The van der Waals surface area contributed by atoms with Crippen LogP contribution < -0.4 is 0 Å². The van der Waals surface area contributed by atoms with Crippen molar-refractivity contribution in [3.05, 3.63) is 0 Å². The number of carbonyl (C=O) groups excluding carboxylic acids is 2. The molecule has 0 bridgehead atoms. The van der Waals surface area contributed by atoms with Crippen LogP contribution in [0.1, 0.15) is 0 Å². The number of piperazine rings is 1. The van der Waals surface area contributed by atoms with Gasteiger partial charge in [0.1, 0.15) is 0 Å². The summed E-state index contributed by atoms with van der Waals surface area (Å²) in [5.74, 6) is 0. The highest BCUT2D eigenvalue weighted by Gasteiger charge is 2.93. The predicted molar refractivity (Wildman–Crippen MR) is 45.6 cm³/mol. The number of carbonyl (C=O) groups is 2. The highest BCUT2D eigenvalue weighted by atomic mass is 19.4. The molecule has 0 amide bonds. The standard InChI is InChI=1S/C8F14N2O2/c9-1(25)3(11,12)23-5(15,16)7(19,20)24(4(13,14)2(10)26)8(21,22)6(23,17)18. The Balaban J connectivity index is 3.93. The SMILES string of the molecule is O=C(F)C(F)(F)N1C(F)(F)C(F)(F)N(C(F)(F)C(=O)F)C(F)(F)C1(F)F. The molecular weight excluding hydrogens is 422 g/mol. The van der Waals surface area contributed by atoms with Gasteiger partial charge in [-0.3, -0.25) is 9.59 Å². The normalized spacial score (nSPS) is 25.8. The van der Waals surface area contributed by atoms with E-state index in [1.165, 1.54) is 0 Å². The van der Waals surface area contributed by atoms with Crippen LogP contribution in [0.3, 0.4) is 0 Å². The Hall–Kier alpha value is -1.72. The van der Waals surface area contributed by atoms with Gasteiger partial charge in [-0.25, -0.2) is 0 Å². The van der Waals surface area contributed by atoms with Gasteiger partial charge in [-0.2, -0.15) is 61.5 Å². The Morgan fingerprint density at radius 3 is 0.808 bits per heavy atom. The zero-order valence-electron chi connectivity index (χ0n) is 11.0. The Morgan fingerprint density at radius 1 is 0.538 bits per heavy atom. The first-order valence-corrected chi connectivity index (χ1v) is 5.40. The number of halogens is 14. The third kappa shape index (κ3) is 2.44. The molecule has 0 radical (unpaired) electrons. The van der Waals surface area contributed by atoms with E-state index in [1.807, 2.05) is 0 Å². The lowest BCUT2D eigenvalue weighted by atomic mass is 10.1. The van der Waals surface area contributed by atoms with E-state index in [4.69, 9.17) is 0 Å². The number of rotatable bonds is 4. The fourth-order valence-electron chi connectivity index (χ4n) is 1.77. The fraction of sp³-hybridized carbons (Fsp3) is 0.750.